The average molecular weight is 410 g/mol. The minimum Gasteiger partial charge on any atom is -0.452 e. The number of ether oxygens (including phenoxy) is 2. The molecule has 31 heavy (non-hydrogen) atoms. The normalized spacial score (nSPS) is 14.0. The van der Waals surface area contributed by atoms with Crippen molar-refractivity contribution in [1.82, 2.24) is 0 Å². The molecule has 5 nitrogen and oxygen atoms in total. The minimum absolute atomic E-state index is 0.108. The van der Waals surface area contributed by atoms with Crippen LogP contribution in [0.15, 0.2) is 76.9 Å². The summed E-state index contributed by atoms with van der Waals surface area (Å²) in [6.45, 7) is 3.79. The standard InChI is InChI=1S/C26H18O5/c1-15-7-9-17(10-8-15)12-22-25(27)24-16(2)11-19(14-21(24)31-22)29-26(28)23-13-18-5-3-4-6-20(18)30-23/h3-14H,1-2H3/b22-12-. The number of carbonyl (C=O) groups is 2. The second kappa shape index (κ2) is 7.29. The van der Waals surface area contributed by atoms with Gasteiger partial charge in [0.05, 0.1) is 5.56 Å². The summed E-state index contributed by atoms with van der Waals surface area (Å²) in [6.07, 6.45) is 1.71. The van der Waals surface area contributed by atoms with Crippen LogP contribution in [0.2, 0.25) is 0 Å². The molecule has 0 atom stereocenters. The van der Waals surface area contributed by atoms with E-state index in [-0.39, 0.29) is 23.1 Å². The second-order valence-corrected chi connectivity index (χ2v) is 7.50. The van der Waals surface area contributed by atoms with E-state index in [1.807, 2.05) is 49.4 Å². The first-order valence-electron chi connectivity index (χ1n) is 9.84. The summed E-state index contributed by atoms with van der Waals surface area (Å²) in [7, 11) is 0. The molecular weight excluding hydrogens is 392 g/mol. The largest absolute Gasteiger partial charge is 0.452 e. The van der Waals surface area contributed by atoms with Gasteiger partial charge in [-0.25, -0.2) is 4.79 Å². The highest BCUT2D eigenvalue weighted by Crippen LogP contribution is 2.37. The first kappa shape index (κ1) is 18.9. The van der Waals surface area contributed by atoms with Crippen LogP contribution in [-0.4, -0.2) is 11.8 Å². The van der Waals surface area contributed by atoms with Gasteiger partial charge in [-0.3, -0.25) is 4.79 Å². The summed E-state index contributed by atoms with van der Waals surface area (Å²) in [5, 5.41) is 0.819. The molecule has 0 N–H and O–H groups in total. The van der Waals surface area contributed by atoms with Gasteiger partial charge < -0.3 is 13.9 Å². The van der Waals surface area contributed by atoms with Gasteiger partial charge in [0, 0.05) is 11.5 Å². The van der Waals surface area contributed by atoms with Crippen LogP contribution < -0.4 is 9.47 Å². The summed E-state index contributed by atoms with van der Waals surface area (Å²) < 4.78 is 16.9. The van der Waals surface area contributed by atoms with Crippen molar-refractivity contribution in [3.63, 3.8) is 0 Å². The third-order valence-electron chi connectivity index (χ3n) is 5.16. The molecule has 3 aromatic carbocycles. The Morgan fingerprint density at radius 3 is 2.52 bits per heavy atom. The van der Waals surface area contributed by atoms with E-state index in [0.717, 1.165) is 16.5 Å². The Morgan fingerprint density at radius 2 is 1.74 bits per heavy atom. The number of hydrogen-bond donors (Lipinski definition) is 0. The fourth-order valence-corrected chi connectivity index (χ4v) is 3.59. The van der Waals surface area contributed by atoms with Crippen molar-refractivity contribution in [2.75, 3.05) is 0 Å². The number of esters is 1. The number of Topliss-reactive ketones (excluding diaryl/α,β-unsaturated/α-hetero) is 1. The predicted octanol–water partition coefficient (Wildman–Crippen LogP) is 5.89. The van der Waals surface area contributed by atoms with Crippen molar-refractivity contribution in [3.8, 4) is 11.5 Å². The van der Waals surface area contributed by atoms with Gasteiger partial charge in [-0.1, -0.05) is 48.0 Å². The molecule has 2 heterocycles. The van der Waals surface area contributed by atoms with Gasteiger partial charge >= 0.3 is 5.97 Å². The number of hydrogen-bond acceptors (Lipinski definition) is 5. The molecule has 5 heteroatoms. The number of ketones is 1. The average Bonchev–Trinajstić information content (AvgIpc) is 3.31. The molecule has 1 aliphatic rings. The Balaban J connectivity index is 1.41. The third kappa shape index (κ3) is 3.51. The van der Waals surface area contributed by atoms with Crippen molar-refractivity contribution < 1.29 is 23.5 Å². The van der Waals surface area contributed by atoms with Gasteiger partial charge in [-0.05, 0) is 49.2 Å². The number of fused-ring (bicyclic) bond motifs is 2. The van der Waals surface area contributed by atoms with Crippen LogP contribution in [0, 0.1) is 13.8 Å². The number of para-hydroxylation sites is 1. The molecule has 0 saturated carbocycles. The van der Waals surface area contributed by atoms with E-state index >= 15 is 0 Å². The van der Waals surface area contributed by atoms with Crippen molar-refractivity contribution in [2.24, 2.45) is 0 Å². The second-order valence-electron chi connectivity index (χ2n) is 7.50. The third-order valence-corrected chi connectivity index (χ3v) is 5.16. The lowest BCUT2D eigenvalue weighted by molar-refractivity contribution is 0.0703. The molecule has 0 fully saturated rings. The van der Waals surface area contributed by atoms with Gasteiger partial charge in [-0.2, -0.15) is 0 Å². The van der Waals surface area contributed by atoms with Crippen LogP contribution in [0.25, 0.3) is 17.0 Å². The number of aryl methyl sites for hydroxylation is 2. The van der Waals surface area contributed by atoms with Crippen LogP contribution in [0.1, 0.15) is 37.6 Å². The molecule has 0 radical (unpaired) electrons. The minimum atomic E-state index is -0.615. The summed E-state index contributed by atoms with van der Waals surface area (Å²) >= 11 is 0. The fourth-order valence-electron chi connectivity index (χ4n) is 3.59. The lowest BCUT2D eigenvalue weighted by Crippen LogP contribution is -2.07. The summed E-state index contributed by atoms with van der Waals surface area (Å²) in [5.74, 6) is 0.194. The molecule has 1 aromatic heterocycles. The summed E-state index contributed by atoms with van der Waals surface area (Å²) in [5.41, 5.74) is 3.76. The number of rotatable bonds is 3. The van der Waals surface area contributed by atoms with E-state index < -0.39 is 5.97 Å². The zero-order chi connectivity index (χ0) is 21.5. The van der Waals surface area contributed by atoms with Crippen LogP contribution in [-0.2, 0) is 0 Å². The Hall–Kier alpha value is -4.12. The number of allylic oxidation sites excluding steroid dienone is 1. The number of carbonyl (C=O) groups excluding carboxylic acids is 2. The van der Waals surface area contributed by atoms with Crippen molar-refractivity contribution in [2.45, 2.75) is 13.8 Å². The van der Waals surface area contributed by atoms with E-state index in [2.05, 4.69) is 0 Å². The van der Waals surface area contributed by atoms with Gasteiger partial charge in [0.2, 0.25) is 11.5 Å². The van der Waals surface area contributed by atoms with Crippen molar-refractivity contribution >= 4 is 28.8 Å². The Morgan fingerprint density at radius 1 is 0.968 bits per heavy atom. The lowest BCUT2D eigenvalue weighted by atomic mass is 10.0. The Kier molecular flexibility index (Phi) is 4.44. The van der Waals surface area contributed by atoms with Crippen LogP contribution in [0.3, 0.4) is 0 Å². The molecule has 152 valence electrons. The highest BCUT2D eigenvalue weighted by atomic mass is 16.5. The summed E-state index contributed by atoms with van der Waals surface area (Å²) in [6, 6.07) is 20.0. The topological polar surface area (TPSA) is 65.7 Å². The van der Waals surface area contributed by atoms with Crippen molar-refractivity contribution in [3.05, 3.63) is 101 Å². The van der Waals surface area contributed by atoms with E-state index in [9.17, 15) is 9.59 Å². The first-order chi connectivity index (χ1) is 15.0. The van der Waals surface area contributed by atoms with Crippen LogP contribution in [0.4, 0.5) is 0 Å². The molecule has 0 spiro atoms. The quantitative estimate of drug-likeness (QED) is 0.240. The molecule has 0 aliphatic carbocycles. The molecule has 0 bridgehead atoms. The highest BCUT2D eigenvalue weighted by Gasteiger charge is 2.30. The van der Waals surface area contributed by atoms with Gasteiger partial charge in [-0.15, -0.1) is 0 Å². The zero-order valence-corrected chi connectivity index (χ0v) is 17.0. The van der Waals surface area contributed by atoms with Crippen molar-refractivity contribution in [1.29, 1.82) is 0 Å². The zero-order valence-electron chi connectivity index (χ0n) is 17.0. The maximum Gasteiger partial charge on any atom is 0.379 e. The lowest BCUT2D eigenvalue weighted by Gasteiger charge is -2.06. The van der Waals surface area contributed by atoms with Crippen LogP contribution >= 0.6 is 0 Å². The van der Waals surface area contributed by atoms with E-state index in [1.165, 1.54) is 0 Å². The van der Waals surface area contributed by atoms with E-state index in [1.54, 1.807) is 37.3 Å². The first-order valence-corrected chi connectivity index (χ1v) is 9.84. The monoisotopic (exact) mass is 410 g/mol. The molecule has 0 amide bonds. The predicted molar refractivity (Wildman–Crippen MR) is 116 cm³/mol. The number of furan rings is 1. The van der Waals surface area contributed by atoms with Gasteiger partial charge in [0.1, 0.15) is 17.1 Å². The van der Waals surface area contributed by atoms with E-state index in [4.69, 9.17) is 13.9 Å². The molecule has 0 unspecified atom stereocenters. The SMILES string of the molecule is Cc1ccc(/C=C2\Oc3cc(OC(=O)c4cc5ccccc5o4)cc(C)c3C2=O)cc1. The maximum atomic E-state index is 12.8. The Bertz CT molecular complexity index is 1340. The molecular formula is C26H18O5. The molecule has 1 aliphatic heterocycles. The molecule has 0 saturated heterocycles. The van der Waals surface area contributed by atoms with Crippen LogP contribution in [0.5, 0.6) is 11.5 Å². The molecule has 4 aromatic rings. The van der Waals surface area contributed by atoms with E-state index in [0.29, 0.717) is 22.5 Å². The number of benzene rings is 3. The molecule has 5 rings (SSSR count). The Labute approximate surface area is 178 Å². The van der Waals surface area contributed by atoms with Gasteiger partial charge in [0.25, 0.3) is 0 Å². The van der Waals surface area contributed by atoms with Gasteiger partial charge in [0.15, 0.2) is 5.76 Å². The smallest absolute Gasteiger partial charge is 0.379 e. The highest BCUT2D eigenvalue weighted by molar-refractivity contribution is 6.15. The maximum absolute atomic E-state index is 12.8. The fraction of sp³-hybridized carbons (Fsp3) is 0.0769. The summed E-state index contributed by atoms with van der Waals surface area (Å²) in [4.78, 5) is 25.4.